The van der Waals surface area contributed by atoms with Crippen molar-refractivity contribution in [3.63, 3.8) is 0 Å². The van der Waals surface area contributed by atoms with E-state index >= 15 is 0 Å². The number of nitrogens with one attached hydrogen (secondary N) is 3. The van der Waals surface area contributed by atoms with E-state index in [0.29, 0.717) is 40.6 Å². The highest BCUT2D eigenvalue weighted by atomic mass is 19.2. The number of hydrogen-bond acceptors (Lipinski definition) is 10. The fourth-order valence-electron chi connectivity index (χ4n) is 4.83. The van der Waals surface area contributed by atoms with E-state index in [4.69, 9.17) is 14.6 Å². The number of nitrogens with zero attached hydrogens (tertiary/aromatic N) is 5. The van der Waals surface area contributed by atoms with Crippen LogP contribution in [-0.4, -0.2) is 101 Å². The van der Waals surface area contributed by atoms with Gasteiger partial charge in [0.1, 0.15) is 11.6 Å². The fourth-order valence-corrected chi connectivity index (χ4v) is 4.83. The summed E-state index contributed by atoms with van der Waals surface area (Å²) >= 11 is 0. The third-order valence-corrected chi connectivity index (χ3v) is 7.05. The van der Waals surface area contributed by atoms with E-state index < -0.39 is 17.5 Å². The number of aliphatic hydroxyl groups excluding tert-OH is 1. The summed E-state index contributed by atoms with van der Waals surface area (Å²) < 4.78 is 38.6. The minimum atomic E-state index is -1.12. The van der Waals surface area contributed by atoms with E-state index in [9.17, 15) is 13.6 Å². The van der Waals surface area contributed by atoms with Crippen LogP contribution in [0.25, 0.3) is 10.9 Å². The van der Waals surface area contributed by atoms with Crippen molar-refractivity contribution < 1.29 is 28.2 Å². The predicted molar refractivity (Wildman–Crippen MR) is 157 cm³/mol. The van der Waals surface area contributed by atoms with Crippen LogP contribution in [0.2, 0.25) is 0 Å². The number of β-amino-alcohol motifs (C(OH)–C–C–N with tert-alkyl or cyclic N) is 1. The molecule has 4 N–H and O–H groups in total. The van der Waals surface area contributed by atoms with E-state index in [0.717, 1.165) is 51.8 Å². The second-order valence-corrected chi connectivity index (χ2v) is 10.1. The highest BCUT2D eigenvalue weighted by Gasteiger charge is 2.17. The maximum atomic E-state index is 13.9. The molecule has 14 heteroatoms. The lowest BCUT2D eigenvalue weighted by Crippen LogP contribution is -2.47. The minimum absolute atomic E-state index is 0.140. The average Bonchev–Trinajstić information content (AvgIpc) is 3.44. The molecule has 0 unspecified atom stereocenters. The molecule has 5 rings (SSSR count). The lowest BCUT2D eigenvalue weighted by Gasteiger charge is -2.34. The molecule has 0 spiro atoms. The molecule has 0 saturated carbocycles. The number of hydrogen-bond donors (Lipinski definition) is 4. The highest BCUT2D eigenvalue weighted by molar-refractivity contribution is 5.93. The number of carbonyl (C=O) groups excluding carboxylic acids is 1. The van der Waals surface area contributed by atoms with Gasteiger partial charge >= 0.3 is 6.01 Å². The Labute approximate surface area is 247 Å². The second kappa shape index (κ2) is 14.2. The number of rotatable bonds is 13. The molecular weight excluding hydrogens is 562 g/mol. The van der Waals surface area contributed by atoms with Crippen LogP contribution in [-0.2, 0) is 11.2 Å². The van der Waals surface area contributed by atoms with Crippen LogP contribution in [0.1, 0.15) is 12.1 Å². The number of aromatic nitrogens is 4. The van der Waals surface area contributed by atoms with Crippen molar-refractivity contribution in [1.29, 1.82) is 0 Å². The van der Waals surface area contributed by atoms with Gasteiger partial charge in [0, 0.05) is 62.5 Å². The van der Waals surface area contributed by atoms with Crippen LogP contribution in [0.4, 0.5) is 26.1 Å². The summed E-state index contributed by atoms with van der Waals surface area (Å²) in [5.74, 6) is -1.20. The Balaban J connectivity index is 1.17. The van der Waals surface area contributed by atoms with Crippen LogP contribution < -0.4 is 20.1 Å². The van der Waals surface area contributed by atoms with Crippen molar-refractivity contribution in [2.45, 2.75) is 12.8 Å². The largest absolute Gasteiger partial charge is 0.493 e. The van der Waals surface area contributed by atoms with E-state index in [1.54, 1.807) is 6.07 Å². The van der Waals surface area contributed by atoms with Gasteiger partial charge in [-0.15, -0.1) is 0 Å². The van der Waals surface area contributed by atoms with E-state index in [1.807, 2.05) is 18.2 Å². The molecule has 2 aromatic heterocycles. The van der Waals surface area contributed by atoms with E-state index in [2.05, 4.69) is 40.6 Å². The molecule has 0 radical (unpaired) electrons. The summed E-state index contributed by atoms with van der Waals surface area (Å²) in [7, 11) is 1.47. The van der Waals surface area contributed by atoms with Crippen LogP contribution in [0.15, 0.2) is 42.5 Å². The number of carbonyl (C=O) groups is 1. The van der Waals surface area contributed by atoms with Crippen molar-refractivity contribution in [3.05, 3.63) is 59.8 Å². The van der Waals surface area contributed by atoms with Crippen LogP contribution in [0.5, 0.6) is 11.8 Å². The third kappa shape index (κ3) is 7.91. The molecule has 1 amide bonds. The zero-order valence-electron chi connectivity index (χ0n) is 23.8. The van der Waals surface area contributed by atoms with Crippen molar-refractivity contribution in [2.75, 3.05) is 70.2 Å². The Bertz CT molecular complexity index is 1540. The molecule has 0 aliphatic carbocycles. The normalized spacial score (nSPS) is 14.1. The maximum absolute atomic E-state index is 13.9. The number of H-pyrrole nitrogens is 1. The summed E-state index contributed by atoms with van der Waals surface area (Å²) in [6.07, 6.45) is 0.744. The minimum Gasteiger partial charge on any atom is -0.493 e. The van der Waals surface area contributed by atoms with E-state index in [1.165, 1.54) is 19.2 Å². The van der Waals surface area contributed by atoms with Crippen molar-refractivity contribution in [2.24, 2.45) is 0 Å². The van der Waals surface area contributed by atoms with Gasteiger partial charge in [-0.1, -0.05) is 6.07 Å². The molecule has 43 heavy (non-hydrogen) atoms. The van der Waals surface area contributed by atoms with Gasteiger partial charge in [-0.25, -0.2) is 8.78 Å². The van der Waals surface area contributed by atoms with Crippen molar-refractivity contribution in [3.8, 4) is 11.8 Å². The first kappa shape index (κ1) is 30.1. The molecule has 1 aliphatic rings. The van der Waals surface area contributed by atoms with Gasteiger partial charge < -0.3 is 30.1 Å². The molecule has 2 aromatic carbocycles. The number of methoxy groups -OCH3 is 1. The lowest BCUT2D eigenvalue weighted by molar-refractivity contribution is -0.115. The van der Waals surface area contributed by atoms with Crippen LogP contribution in [0.3, 0.4) is 0 Å². The molecule has 3 heterocycles. The Morgan fingerprint density at radius 1 is 1.07 bits per heavy atom. The summed E-state index contributed by atoms with van der Waals surface area (Å²) in [5, 5.41) is 22.2. The van der Waals surface area contributed by atoms with Crippen LogP contribution in [0, 0.1) is 11.6 Å². The number of piperazine rings is 1. The molecule has 228 valence electrons. The van der Waals surface area contributed by atoms with Gasteiger partial charge in [-0.3, -0.25) is 14.8 Å². The topological polar surface area (TPSA) is 141 Å². The molecule has 1 fully saturated rings. The Morgan fingerprint density at radius 3 is 2.63 bits per heavy atom. The lowest BCUT2D eigenvalue weighted by atomic mass is 10.2. The first-order chi connectivity index (χ1) is 20.9. The molecule has 0 atom stereocenters. The zero-order valence-corrected chi connectivity index (χ0v) is 23.8. The predicted octanol–water partition coefficient (Wildman–Crippen LogP) is 2.94. The smallest absolute Gasteiger partial charge is 0.318 e. The summed E-state index contributed by atoms with van der Waals surface area (Å²) in [5.41, 5.74) is 0.822. The maximum Gasteiger partial charge on any atom is 0.318 e. The molecule has 12 nitrogen and oxygen atoms in total. The van der Waals surface area contributed by atoms with Crippen molar-refractivity contribution >= 4 is 34.1 Å². The van der Waals surface area contributed by atoms with Gasteiger partial charge in [0.2, 0.25) is 5.91 Å². The number of fused-ring (bicyclic) bond motifs is 1. The van der Waals surface area contributed by atoms with Gasteiger partial charge in [0.15, 0.2) is 17.5 Å². The second-order valence-electron chi connectivity index (χ2n) is 10.1. The Kier molecular flexibility index (Phi) is 9.92. The average molecular weight is 597 g/mol. The number of benzene rings is 2. The number of aromatic amines is 1. The molecular formula is C29H34F2N8O4. The molecule has 1 saturated heterocycles. The monoisotopic (exact) mass is 596 g/mol. The Morgan fingerprint density at radius 2 is 1.86 bits per heavy atom. The zero-order chi connectivity index (χ0) is 30.2. The standard InChI is InChI=1S/C29H34F2N8O4/c1-42-29-33-24-18-20(43-15-3-8-38-9-11-39(12-10-38)13-14-40)6-7-21(24)28(35-29)34-25-16-19(36-37-25)17-26(41)32-23-5-2-4-22(30)27(23)31/h2,4-7,16,18,40H,3,8-15,17H2,1H3,(H,32,41)(H2,33,34,35,36,37). The summed E-state index contributed by atoms with van der Waals surface area (Å²) in [6, 6.07) is 10.9. The van der Waals surface area contributed by atoms with Crippen molar-refractivity contribution in [1.82, 2.24) is 30.0 Å². The highest BCUT2D eigenvalue weighted by Crippen LogP contribution is 2.29. The van der Waals surface area contributed by atoms with Gasteiger partial charge in [0.05, 0.1) is 37.9 Å². The molecule has 4 aromatic rings. The van der Waals surface area contributed by atoms with Gasteiger partial charge in [-0.05, 0) is 30.7 Å². The SMILES string of the molecule is COc1nc(Nc2cc(CC(=O)Nc3cccc(F)c3F)[nH]n2)c2ccc(OCCCN3CCN(CCO)CC3)cc2n1. The molecule has 1 aliphatic heterocycles. The van der Waals surface area contributed by atoms with E-state index in [-0.39, 0.29) is 24.7 Å². The fraction of sp³-hybridized carbons (Fsp3) is 0.379. The van der Waals surface area contributed by atoms with Gasteiger partial charge in [-0.2, -0.15) is 15.1 Å². The number of aliphatic hydroxyl groups is 1. The number of amides is 1. The number of anilines is 3. The molecule has 0 bridgehead atoms. The summed E-state index contributed by atoms with van der Waals surface area (Å²) in [6.45, 7) is 6.35. The Hall–Kier alpha value is -4.40. The number of ether oxygens (including phenoxy) is 2. The summed E-state index contributed by atoms with van der Waals surface area (Å²) in [4.78, 5) is 25.9. The first-order valence-electron chi connectivity index (χ1n) is 14.0. The quantitative estimate of drug-likeness (QED) is 0.170. The third-order valence-electron chi connectivity index (χ3n) is 7.05. The number of halogens is 2. The van der Waals surface area contributed by atoms with Crippen LogP contribution >= 0.6 is 0 Å². The first-order valence-corrected chi connectivity index (χ1v) is 14.0. The van der Waals surface area contributed by atoms with Gasteiger partial charge in [0.25, 0.3) is 0 Å².